The van der Waals surface area contributed by atoms with Crippen molar-refractivity contribution in [1.82, 2.24) is 0 Å². The molecule has 2 amide bonds. The first-order valence-corrected chi connectivity index (χ1v) is 7.91. The van der Waals surface area contributed by atoms with Gasteiger partial charge in [-0.2, -0.15) is 0 Å². The Morgan fingerprint density at radius 2 is 2.00 bits per heavy atom. The highest BCUT2D eigenvalue weighted by Gasteiger charge is 2.18. The molecule has 1 aliphatic rings. The third-order valence-electron chi connectivity index (χ3n) is 3.66. The fraction of sp³-hybridized carbons (Fsp3) is 0.125. The first-order valence-electron chi connectivity index (χ1n) is 7.12. The number of rotatable bonds is 3. The van der Waals surface area contributed by atoms with Crippen LogP contribution >= 0.6 is 15.9 Å². The number of hydrogen-bond donors (Lipinski definition) is 2. The van der Waals surface area contributed by atoms with Crippen LogP contribution in [0.3, 0.4) is 0 Å². The van der Waals surface area contributed by atoms with Gasteiger partial charge < -0.3 is 10.6 Å². The average molecular weight is 390 g/mol. The molecule has 7 nitrogen and oxygen atoms in total. The van der Waals surface area contributed by atoms with Gasteiger partial charge in [-0.25, -0.2) is 0 Å². The minimum atomic E-state index is -0.553. The van der Waals surface area contributed by atoms with Gasteiger partial charge in [0.05, 0.1) is 9.40 Å². The van der Waals surface area contributed by atoms with Gasteiger partial charge in [0, 0.05) is 29.4 Å². The second kappa shape index (κ2) is 6.40. The number of nitrogens with one attached hydrogen (secondary N) is 2. The predicted octanol–water partition coefficient (Wildman–Crippen LogP) is 3.49. The number of fused-ring (bicyclic) bond motifs is 1. The summed E-state index contributed by atoms with van der Waals surface area (Å²) in [5.41, 5.74) is 2.27. The largest absolute Gasteiger partial charge is 0.326 e. The molecule has 0 aromatic heterocycles. The lowest BCUT2D eigenvalue weighted by molar-refractivity contribution is -0.385. The highest BCUT2D eigenvalue weighted by molar-refractivity contribution is 9.10. The van der Waals surface area contributed by atoms with Crippen LogP contribution in [-0.2, 0) is 11.2 Å². The molecule has 0 atom stereocenters. The summed E-state index contributed by atoms with van der Waals surface area (Å²) in [5, 5.41) is 16.4. The zero-order valence-electron chi connectivity index (χ0n) is 12.3. The summed E-state index contributed by atoms with van der Waals surface area (Å²) in [4.78, 5) is 34.0. The topological polar surface area (TPSA) is 101 Å². The van der Waals surface area contributed by atoms with E-state index < -0.39 is 10.8 Å². The lowest BCUT2D eigenvalue weighted by Gasteiger charge is -2.17. The van der Waals surface area contributed by atoms with Crippen molar-refractivity contribution < 1.29 is 14.5 Å². The molecule has 0 saturated heterocycles. The lowest BCUT2D eigenvalue weighted by atomic mass is 10.0. The van der Waals surface area contributed by atoms with E-state index in [2.05, 4.69) is 26.6 Å². The van der Waals surface area contributed by atoms with Crippen molar-refractivity contribution in [3.05, 3.63) is 62.1 Å². The summed E-state index contributed by atoms with van der Waals surface area (Å²) in [7, 11) is 0. The van der Waals surface area contributed by atoms with E-state index in [0.717, 1.165) is 11.3 Å². The number of anilines is 2. The van der Waals surface area contributed by atoms with E-state index in [-0.39, 0.29) is 17.2 Å². The molecule has 122 valence electrons. The normalized spacial score (nSPS) is 13.0. The monoisotopic (exact) mass is 389 g/mol. The number of amides is 2. The number of carbonyl (C=O) groups is 2. The first kappa shape index (κ1) is 16.1. The Bertz CT molecular complexity index is 866. The van der Waals surface area contributed by atoms with E-state index in [4.69, 9.17) is 0 Å². The van der Waals surface area contributed by atoms with E-state index in [1.807, 2.05) is 0 Å². The summed E-state index contributed by atoms with van der Waals surface area (Å²) in [6.45, 7) is 0. The maximum Gasteiger partial charge on any atom is 0.284 e. The minimum absolute atomic E-state index is 0.0264. The number of halogens is 1. The van der Waals surface area contributed by atoms with Crippen molar-refractivity contribution in [3.63, 3.8) is 0 Å². The van der Waals surface area contributed by atoms with Crippen LogP contribution < -0.4 is 10.6 Å². The van der Waals surface area contributed by atoms with Crippen LogP contribution in [-0.4, -0.2) is 16.7 Å². The van der Waals surface area contributed by atoms with Gasteiger partial charge in [-0.3, -0.25) is 19.7 Å². The molecular formula is C16H12BrN3O4. The maximum atomic E-state index is 12.3. The third kappa shape index (κ3) is 3.28. The molecule has 1 heterocycles. The maximum absolute atomic E-state index is 12.3. The van der Waals surface area contributed by atoms with Crippen molar-refractivity contribution >= 4 is 44.8 Å². The Labute approximate surface area is 145 Å². The zero-order chi connectivity index (χ0) is 17.3. The van der Waals surface area contributed by atoms with Gasteiger partial charge in [0.1, 0.15) is 0 Å². The van der Waals surface area contributed by atoms with Crippen LogP contribution in [0.25, 0.3) is 0 Å². The van der Waals surface area contributed by atoms with Gasteiger partial charge in [0.25, 0.3) is 11.6 Å². The number of nitro groups is 1. The molecule has 3 rings (SSSR count). The van der Waals surface area contributed by atoms with E-state index >= 15 is 0 Å². The number of nitrogens with zero attached hydrogens (tertiary/aromatic N) is 1. The first-order chi connectivity index (χ1) is 11.4. The van der Waals surface area contributed by atoms with Crippen molar-refractivity contribution in [3.8, 4) is 0 Å². The van der Waals surface area contributed by atoms with Gasteiger partial charge in [-0.1, -0.05) is 0 Å². The van der Waals surface area contributed by atoms with Gasteiger partial charge >= 0.3 is 0 Å². The highest BCUT2D eigenvalue weighted by atomic mass is 79.9. The predicted molar refractivity (Wildman–Crippen MR) is 92.1 cm³/mol. The number of hydrogen-bond acceptors (Lipinski definition) is 4. The second-order valence-electron chi connectivity index (χ2n) is 5.30. The number of benzene rings is 2. The fourth-order valence-electron chi connectivity index (χ4n) is 2.46. The zero-order valence-corrected chi connectivity index (χ0v) is 13.9. The molecule has 0 fully saturated rings. The smallest absolute Gasteiger partial charge is 0.284 e. The Kier molecular flexibility index (Phi) is 4.30. The van der Waals surface area contributed by atoms with Crippen LogP contribution in [0.4, 0.5) is 17.1 Å². The number of nitro benzene ring substituents is 1. The van der Waals surface area contributed by atoms with Crippen LogP contribution in [0, 0.1) is 10.1 Å². The van der Waals surface area contributed by atoms with Gasteiger partial charge in [-0.05, 0) is 58.2 Å². The van der Waals surface area contributed by atoms with Crippen LogP contribution in [0.2, 0.25) is 0 Å². The summed E-state index contributed by atoms with van der Waals surface area (Å²) < 4.78 is 0.313. The molecule has 0 bridgehead atoms. The van der Waals surface area contributed by atoms with Crippen LogP contribution in [0.15, 0.2) is 40.9 Å². The fourth-order valence-corrected chi connectivity index (χ4v) is 2.85. The van der Waals surface area contributed by atoms with E-state index in [0.29, 0.717) is 23.0 Å². The van der Waals surface area contributed by atoms with Crippen molar-refractivity contribution in [1.29, 1.82) is 0 Å². The Hall–Kier alpha value is -2.74. The molecule has 1 aliphatic heterocycles. The summed E-state index contributed by atoms with van der Waals surface area (Å²) >= 11 is 3.09. The van der Waals surface area contributed by atoms with Crippen molar-refractivity contribution in [2.45, 2.75) is 12.8 Å². The third-order valence-corrected chi connectivity index (χ3v) is 4.33. The molecule has 2 N–H and O–H groups in total. The second-order valence-corrected chi connectivity index (χ2v) is 6.15. The van der Waals surface area contributed by atoms with Crippen LogP contribution in [0.5, 0.6) is 0 Å². The quantitative estimate of drug-likeness (QED) is 0.619. The van der Waals surface area contributed by atoms with Crippen molar-refractivity contribution in [2.75, 3.05) is 10.6 Å². The van der Waals surface area contributed by atoms with E-state index in [1.54, 1.807) is 18.2 Å². The number of carbonyl (C=O) groups excluding carboxylic acids is 2. The van der Waals surface area contributed by atoms with Crippen molar-refractivity contribution in [2.24, 2.45) is 0 Å². The lowest BCUT2D eigenvalue weighted by Crippen LogP contribution is -2.19. The molecule has 2 aromatic rings. The summed E-state index contributed by atoms with van der Waals surface area (Å²) in [6, 6.07) is 9.39. The standard InChI is InChI=1S/C16H12BrN3O4/c17-12-4-1-10(8-14(12)20(23)24)16(22)18-11-3-5-13-9(7-11)2-6-15(21)19-13/h1,3-5,7-8H,2,6H2,(H,18,22)(H,19,21). The average Bonchev–Trinajstić information content (AvgIpc) is 2.55. The van der Waals surface area contributed by atoms with Gasteiger partial charge in [-0.15, -0.1) is 0 Å². The molecular weight excluding hydrogens is 378 g/mol. The summed E-state index contributed by atoms with van der Waals surface area (Å²) in [5.74, 6) is -0.466. The molecule has 2 aromatic carbocycles. The van der Waals surface area contributed by atoms with Gasteiger partial charge in [0.15, 0.2) is 0 Å². The molecule has 0 spiro atoms. The molecule has 0 aliphatic carbocycles. The Balaban J connectivity index is 1.81. The van der Waals surface area contributed by atoms with E-state index in [1.165, 1.54) is 18.2 Å². The molecule has 0 saturated carbocycles. The van der Waals surface area contributed by atoms with E-state index in [9.17, 15) is 19.7 Å². The SMILES string of the molecule is O=C1CCc2cc(NC(=O)c3ccc(Br)c([N+](=O)[O-])c3)ccc2N1. The Morgan fingerprint density at radius 1 is 1.21 bits per heavy atom. The number of aryl methyl sites for hydroxylation is 1. The van der Waals surface area contributed by atoms with Gasteiger partial charge in [0.2, 0.25) is 5.91 Å². The highest BCUT2D eigenvalue weighted by Crippen LogP contribution is 2.28. The Morgan fingerprint density at radius 3 is 2.75 bits per heavy atom. The summed E-state index contributed by atoms with van der Waals surface area (Å²) in [6.07, 6.45) is 1.01. The molecule has 0 radical (unpaired) electrons. The molecule has 24 heavy (non-hydrogen) atoms. The molecule has 8 heteroatoms. The molecule has 0 unspecified atom stereocenters. The minimum Gasteiger partial charge on any atom is -0.326 e. The van der Waals surface area contributed by atoms with Crippen LogP contribution in [0.1, 0.15) is 22.3 Å².